The average molecular weight is 302 g/mol. The summed E-state index contributed by atoms with van der Waals surface area (Å²) in [7, 11) is -4.06. The zero-order valence-corrected chi connectivity index (χ0v) is 11.0. The Hall–Kier alpha value is -0.850. The van der Waals surface area contributed by atoms with Crippen LogP contribution in [0.4, 0.5) is 0 Å². The summed E-state index contributed by atoms with van der Waals surface area (Å²) in [5.41, 5.74) is 1.44. The topological polar surface area (TPSA) is 63.6 Å². The molecule has 2 aromatic rings. The monoisotopic (exact) mass is 302 g/mol. The molecule has 20 heavy (non-hydrogen) atoms. The van der Waals surface area contributed by atoms with Gasteiger partial charge in [-0.15, -0.1) is 0 Å². The maximum atomic E-state index is 10.9. The van der Waals surface area contributed by atoms with Gasteiger partial charge < -0.3 is 4.74 Å². The fraction of sp³-hybridized carbons (Fsp3) is 0.143. The zero-order valence-electron chi connectivity index (χ0n) is 10.2. The van der Waals surface area contributed by atoms with E-state index in [0.717, 1.165) is 5.56 Å². The molecule has 1 N–H and O–H groups in total. The standard InChI is InChI=1S/C14H14O4S.Na.H/c15-19(16,17)11-13-8-4-5-9-14(13)18-10-12-6-2-1-3-7-12;;/h1-9H,10-11H2,(H,15,16,17);;. The van der Waals surface area contributed by atoms with Crippen molar-refractivity contribution in [1.82, 2.24) is 0 Å². The van der Waals surface area contributed by atoms with Gasteiger partial charge in [0, 0.05) is 5.56 Å². The van der Waals surface area contributed by atoms with Crippen molar-refractivity contribution in [2.24, 2.45) is 0 Å². The Morgan fingerprint density at radius 3 is 2.20 bits per heavy atom. The summed E-state index contributed by atoms with van der Waals surface area (Å²) in [6.45, 7) is 0.351. The molecule has 0 radical (unpaired) electrons. The van der Waals surface area contributed by atoms with Crippen LogP contribution in [0.15, 0.2) is 54.6 Å². The van der Waals surface area contributed by atoms with E-state index < -0.39 is 15.9 Å². The predicted molar refractivity (Wildman–Crippen MR) is 79.6 cm³/mol. The Morgan fingerprint density at radius 1 is 0.950 bits per heavy atom. The minimum absolute atomic E-state index is 0. The van der Waals surface area contributed by atoms with Gasteiger partial charge in [0.2, 0.25) is 0 Å². The molecule has 0 saturated carbocycles. The van der Waals surface area contributed by atoms with Gasteiger partial charge >= 0.3 is 29.6 Å². The van der Waals surface area contributed by atoms with Gasteiger partial charge in [0.25, 0.3) is 10.1 Å². The van der Waals surface area contributed by atoms with Crippen molar-refractivity contribution < 1.29 is 17.7 Å². The Labute approximate surface area is 140 Å². The van der Waals surface area contributed by atoms with Crippen LogP contribution in [0.3, 0.4) is 0 Å². The van der Waals surface area contributed by atoms with Crippen LogP contribution < -0.4 is 4.74 Å². The quantitative estimate of drug-likeness (QED) is 0.678. The van der Waals surface area contributed by atoms with Crippen LogP contribution in [0, 0.1) is 0 Å². The van der Waals surface area contributed by atoms with Crippen molar-refractivity contribution in [2.45, 2.75) is 12.4 Å². The number of para-hydroxylation sites is 1. The van der Waals surface area contributed by atoms with E-state index in [0.29, 0.717) is 17.9 Å². The van der Waals surface area contributed by atoms with Gasteiger partial charge in [-0.25, -0.2) is 0 Å². The van der Waals surface area contributed by atoms with E-state index >= 15 is 0 Å². The van der Waals surface area contributed by atoms with Crippen LogP contribution in [-0.4, -0.2) is 42.5 Å². The molecular formula is C14H15NaO4S. The molecule has 0 aliphatic heterocycles. The van der Waals surface area contributed by atoms with Crippen molar-refractivity contribution in [3.8, 4) is 5.75 Å². The molecule has 0 saturated heterocycles. The molecule has 0 aromatic heterocycles. The molecule has 6 heteroatoms. The van der Waals surface area contributed by atoms with Crippen LogP contribution in [-0.2, 0) is 22.5 Å². The average Bonchev–Trinajstić information content (AvgIpc) is 2.37. The molecule has 2 rings (SSSR count). The normalized spacial score (nSPS) is 10.7. The molecule has 4 nitrogen and oxygen atoms in total. The fourth-order valence-electron chi connectivity index (χ4n) is 1.70. The molecule has 0 amide bonds. The summed E-state index contributed by atoms with van der Waals surface area (Å²) in [5, 5.41) is 0. The van der Waals surface area contributed by atoms with Crippen molar-refractivity contribution in [3.05, 3.63) is 65.7 Å². The Balaban J connectivity index is 0.00000200. The summed E-state index contributed by atoms with van der Waals surface area (Å²) >= 11 is 0. The molecule has 2 aromatic carbocycles. The first kappa shape index (κ1) is 17.2. The first-order chi connectivity index (χ1) is 9.04. The van der Waals surface area contributed by atoms with E-state index in [1.54, 1.807) is 24.3 Å². The van der Waals surface area contributed by atoms with Gasteiger partial charge in [-0.3, -0.25) is 4.55 Å². The summed E-state index contributed by atoms with van der Waals surface area (Å²) in [5.74, 6) is 0.0156. The van der Waals surface area contributed by atoms with Crippen LogP contribution in [0.25, 0.3) is 0 Å². The molecule has 0 heterocycles. The summed E-state index contributed by atoms with van der Waals surface area (Å²) in [4.78, 5) is 0. The second-order valence-corrected chi connectivity index (χ2v) is 5.56. The van der Waals surface area contributed by atoms with Gasteiger partial charge in [0.15, 0.2) is 0 Å². The first-order valence-electron chi connectivity index (χ1n) is 5.74. The molecule has 0 aliphatic carbocycles. The van der Waals surface area contributed by atoms with Crippen LogP contribution in [0.2, 0.25) is 0 Å². The van der Waals surface area contributed by atoms with Gasteiger partial charge in [0.1, 0.15) is 18.1 Å². The zero-order chi connectivity index (χ0) is 13.7. The second kappa shape index (κ2) is 7.81. The third-order valence-corrected chi connectivity index (χ3v) is 3.22. The SMILES string of the molecule is O=S(=O)(O)Cc1ccccc1OCc1ccccc1.[NaH]. The van der Waals surface area contributed by atoms with Crippen LogP contribution in [0.1, 0.15) is 11.1 Å². The maximum absolute atomic E-state index is 10.9. The van der Waals surface area contributed by atoms with Crippen LogP contribution in [0.5, 0.6) is 5.75 Å². The van der Waals surface area contributed by atoms with Crippen molar-refractivity contribution in [3.63, 3.8) is 0 Å². The number of hydrogen-bond donors (Lipinski definition) is 1. The van der Waals surface area contributed by atoms with E-state index in [1.807, 2.05) is 30.3 Å². The number of hydrogen-bond acceptors (Lipinski definition) is 3. The number of benzene rings is 2. The third-order valence-electron chi connectivity index (χ3n) is 2.55. The predicted octanol–water partition coefficient (Wildman–Crippen LogP) is 2.00. The third kappa shape index (κ3) is 5.64. The molecule has 0 atom stereocenters. The van der Waals surface area contributed by atoms with Crippen molar-refractivity contribution in [1.29, 1.82) is 0 Å². The summed E-state index contributed by atoms with van der Waals surface area (Å²) in [6, 6.07) is 16.3. The molecule has 102 valence electrons. The van der Waals surface area contributed by atoms with Gasteiger partial charge in [-0.05, 0) is 11.6 Å². The molecule has 0 bridgehead atoms. The molecule has 0 spiro atoms. The Bertz CT molecular complexity index is 641. The molecule has 0 fully saturated rings. The fourth-order valence-corrected chi connectivity index (χ4v) is 2.33. The van der Waals surface area contributed by atoms with Gasteiger partial charge in [-0.2, -0.15) is 8.42 Å². The Kier molecular flexibility index (Phi) is 6.71. The molecule has 0 aliphatic rings. The summed E-state index contributed by atoms with van der Waals surface area (Å²) < 4.78 is 36.3. The number of ether oxygens (including phenoxy) is 1. The summed E-state index contributed by atoms with van der Waals surface area (Å²) in [6.07, 6.45) is 0. The van der Waals surface area contributed by atoms with E-state index in [1.165, 1.54) is 0 Å². The first-order valence-corrected chi connectivity index (χ1v) is 7.35. The van der Waals surface area contributed by atoms with E-state index in [9.17, 15) is 8.42 Å². The van der Waals surface area contributed by atoms with Gasteiger partial charge in [0.05, 0.1) is 0 Å². The van der Waals surface area contributed by atoms with Crippen LogP contribution >= 0.6 is 0 Å². The Morgan fingerprint density at radius 2 is 1.55 bits per heavy atom. The van der Waals surface area contributed by atoms with Gasteiger partial charge in [-0.1, -0.05) is 48.5 Å². The second-order valence-electron chi connectivity index (χ2n) is 4.11. The van der Waals surface area contributed by atoms with E-state index in [-0.39, 0.29) is 29.6 Å². The van der Waals surface area contributed by atoms with E-state index in [2.05, 4.69) is 0 Å². The number of rotatable bonds is 5. The van der Waals surface area contributed by atoms with Crippen molar-refractivity contribution >= 4 is 39.7 Å². The van der Waals surface area contributed by atoms with Crippen molar-refractivity contribution in [2.75, 3.05) is 0 Å². The molecule has 0 unspecified atom stereocenters. The molecular weight excluding hydrogens is 287 g/mol. The van der Waals surface area contributed by atoms with E-state index in [4.69, 9.17) is 9.29 Å². The minimum atomic E-state index is -4.06.